The lowest BCUT2D eigenvalue weighted by Crippen LogP contribution is -2.30. The van der Waals surface area contributed by atoms with Crippen LogP contribution in [0, 0.1) is 0 Å². The molecule has 0 saturated heterocycles. The van der Waals surface area contributed by atoms with Crippen LogP contribution in [0.1, 0.15) is 36.4 Å². The van der Waals surface area contributed by atoms with Crippen LogP contribution in [0.3, 0.4) is 0 Å². The molecule has 0 radical (unpaired) electrons. The van der Waals surface area contributed by atoms with Crippen LogP contribution in [0.5, 0.6) is 5.75 Å². The van der Waals surface area contributed by atoms with Gasteiger partial charge in [0.05, 0.1) is 23.6 Å². The van der Waals surface area contributed by atoms with E-state index in [1.165, 1.54) is 23.1 Å². The molecule has 3 heterocycles. The largest absolute Gasteiger partial charge is 0.495 e. The lowest BCUT2D eigenvalue weighted by Gasteiger charge is -2.18. The van der Waals surface area contributed by atoms with E-state index in [2.05, 4.69) is 15.1 Å². The second-order valence-electron chi connectivity index (χ2n) is 6.89. The molecule has 10 heteroatoms. The van der Waals surface area contributed by atoms with E-state index in [9.17, 15) is 4.79 Å². The number of benzene rings is 1. The molecule has 2 aromatic heterocycles. The number of amides is 1. The minimum absolute atomic E-state index is 0.148. The Morgan fingerprint density at radius 1 is 1.35 bits per heavy atom. The quantitative estimate of drug-likeness (QED) is 0.433. The zero-order valence-electron chi connectivity index (χ0n) is 17.0. The fourth-order valence-corrected chi connectivity index (χ4v) is 4.57. The molecule has 0 bridgehead atoms. The first kappa shape index (κ1) is 21.6. The van der Waals surface area contributed by atoms with Crippen LogP contribution in [0.2, 0.25) is 5.02 Å². The summed E-state index contributed by atoms with van der Waals surface area (Å²) in [5.74, 6) is 1.99. The van der Waals surface area contributed by atoms with Crippen LogP contribution in [0.25, 0.3) is 6.08 Å². The smallest absolute Gasteiger partial charge is 0.283 e. The van der Waals surface area contributed by atoms with E-state index in [1.807, 2.05) is 31.4 Å². The second kappa shape index (κ2) is 9.25. The van der Waals surface area contributed by atoms with Gasteiger partial charge in [-0.3, -0.25) is 9.69 Å². The summed E-state index contributed by atoms with van der Waals surface area (Å²) in [6, 6.07) is 9.06. The molecule has 31 heavy (non-hydrogen) atoms. The molecule has 1 aromatic carbocycles. The molecule has 0 saturated carbocycles. The summed E-state index contributed by atoms with van der Waals surface area (Å²) < 4.78 is 10.5. The highest BCUT2D eigenvalue weighted by atomic mass is 35.5. The Balaban J connectivity index is 1.64. The number of halogens is 1. The number of rotatable bonds is 6. The van der Waals surface area contributed by atoms with Crippen LogP contribution in [0.4, 0.5) is 5.69 Å². The topological polar surface area (TPSA) is 80.8 Å². The summed E-state index contributed by atoms with van der Waals surface area (Å²) in [6.45, 7) is 3.97. The highest BCUT2D eigenvalue weighted by Crippen LogP contribution is 2.35. The van der Waals surface area contributed by atoms with Gasteiger partial charge in [0.2, 0.25) is 5.89 Å². The van der Waals surface area contributed by atoms with Crippen molar-refractivity contribution in [3.63, 3.8) is 0 Å². The lowest BCUT2D eigenvalue weighted by molar-refractivity contribution is -0.113. The summed E-state index contributed by atoms with van der Waals surface area (Å²) in [5.41, 5.74) is 0.959. The molecule has 7 nitrogen and oxygen atoms in total. The Kier molecular flexibility index (Phi) is 6.45. The second-order valence-corrected chi connectivity index (χ2v) is 9.22. The van der Waals surface area contributed by atoms with Gasteiger partial charge < -0.3 is 9.26 Å². The fourth-order valence-electron chi connectivity index (χ4n) is 2.81. The van der Waals surface area contributed by atoms with Crippen molar-refractivity contribution in [3.05, 3.63) is 63.0 Å². The van der Waals surface area contributed by atoms with Crippen molar-refractivity contribution in [2.45, 2.75) is 25.5 Å². The average molecular weight is 475 g/mol. The van der Waals surface area contributed by atoms with Gasteiger partial charge in [-0.2, -0.15) is 4.98 Å². The zero-order valence-corrected chi connectivity index (χ0v) is 19.4. The third-order valence-corrected chi connectivity index (χ3v) is 6.40. The molecule has 4 rings (SSSR count). The number of ether oxygens (including phenoxy) is 1. The van der Waals surface area contributed by atoms with Gasteiger partial charge in [-0.25, -0.2) is 4.99 Å². The third kappa shape index (κ3) is 4.68. The number of thiophene rings is 1. The molecule has 0 N–H and O–H groups in total. The van der Waals surface area contributed by atoms with Gasteiger partial charge in [-0.15, -0.1) is 11.3 Å². The summed E-state index contributed by atoms with van der Waals surface area (Å²) in [6.07, 6.45) is 1.78. The van der Waals surface area contributed by atoms with Crippen LogP contribution < -0.4 is 9.64 Å². The van der Waals surface area contributed by atoms with E-state index < -0.39 is 0 Å². The number of aromatic nitrogens is 2. The lowest BCUT2D eigenvalue weighted by atomic mass is 10.2. The van der Waals surface area contributed by atoms with Crippen molar-refractivity contribution in [1.29, 1.82) is 0 Å². The number of nitrogens with zero attached hydrogens (tertiary/aromatic N) is 4. The van der Waals surface area contributed by atoms with E-state index in [0.717, 1.165) is 4.88 Å². The Morgan fingerprint density at radius 2 is 2.19 bits per heavy atom. The maximum Gasteiger partial charge on any atom is 0.283 e. The number of amidine groups is 1. The Hall–Kier alpha value is -2.62. The number of hydrogen-bond acceptors (Lipinski definition) is 8. The molecule has 3 aromatic rings. The standard InChI is InChI=1S/C21H19ClN4O3S2/c1-12(2)19-24-18(25-29-19)11-31-21-23-16(10-14-5-4-8-30-14)20(27)26(21)13-6-7-17(28-3)15(22)9-13/h4-10,12H,11H2,1-3H3/b16-10-. The molecule has 0 spiro atoms. The van der Waals surface area contributed by atoms with Crippen molar-refractivity contribution in [2.75, 3.05) is 12.0 Å². The van der Waals surface area contributed by atoms with Gasteiger partial charge in [0, 0.05) is 10.8 Å². The number of carbonyl (C=O) groups is 1. The number of aliphatic imine (C=N–C) groups is 1. The Morgan fingerprint density at radius 3 is 2.84 bits per heavy atom. The molecule has 0 fully saturated rings. The van der Waals surface area contributed by atoms with Crippen LogP contribution in [0.15, 0.2) is 50.9 Å². The molecule has 0 unspecified atom stereocenters. The van der Waals surface area contributed by atoms with Gasteiger partial charge in [0.1, 0.15) is 11.4 Å². The molecule has 1 aliphatic rings. The Bertz CT molecular complexity index is 1160. The predicted molar refractivity (Wildman–Crippen MR) is 125 cm³/mol. The number of hydrogen-bond donors (Lipinski definition) is 0. The van der Waals surface area contributed by atoms with E-state index in [1.54, 1.807) is 36.3 Å². The summed E-state index contributed by atoms with van der Waals surface area (Å²) in [5, 5.41) is 6.90. The highest BCUT2D eigenvalue weighted by molar-refractivity contribution is 8.13. The number of anilines is 1. The van der Waals surface area contributed by atoms with E-state index in [0.29, 0.717) is 44.8 Å². The van der Waals surface area contributed by atoms with E-state index >= 15 is 0 Å². The number of methoxy groups -OCH3 is 1. The minimum Gasteiger partial charge on any atom is -0.495 e. The molecule has 1 aliphatic heterocycles. The molecule has 160 valence electrons. The maximum absolute atomic E-state index is 13.2. The average Bonchev–Trinajstić information content (AvgIpc) is 3.48. The molecular weight excluding hydrogens is 456 g/mol. The fraction of sp³-hybridized carbons (Fsp3) is 0.238. The van der Waals surface area contributed by atoms with Crippen molar-refractivity contribution in [1.82, 2.24) is 10.1 Å². The minimum atomic E-state index is -0.229. The SMILES string of the molecule is COc1ccc(N2C(=O)/C(=C/c3cccs3)N=C2SCc2noc(C(C)C)n2)cc1Cl. The molecule has 0 aliphatic carbocycles. The van der Waals surface area contributed by atoms with E-state index in [4.69, 9.17) is 20.9 Å². The third-order valence-electron chi connectivity index (χ3n) is 4.35. The van der Waals surface area contributed by atoms with Crippen molar-refractivity contribution in [2.24, 2.45) is 4.99 Å². The number of thioether (sulfide) groups is 1. The van der Waals surface area contributed by atoms with Crippen molar-refractivity contribution in [3.8, 4) is 5.75 Å². The summed E-state index contributed by atoms with van der Waals surface area (Å²) >= 11 is 9.20. The molecule has 0 atom stereocenters. The van der Waals surface area contributed by atoms with Gasteiger partial charge in [-0.05, 0) is 35.7 Å². The zero-order chi connectivity index (χ0) is 22.0. The van der Waals surface area contributed by atoms with Crippen LogP contribution in [-0.2, 0) is 10.5 Å². The predicted octanol–water partition coefficient (Wildman–Crippen LogP) is 5.59. The Labute approximate surface area is 192 Å². The van der Waals surface area contributed by atoms with Gasteiger partial charge in [-0.1, -0.05) is 48.4 Å². The van der Waals surface area contributed by atoms with Crippen molar-refractivity contribution >= 4 is 57.5 Å². The summed E-state index contributed by atoms with van der Waals surface area (Å²) in [4.78, 5) is 24.7. The van der Waals surface area contributed by atoms with E-state index in [-0.39, 0.29) is 11.8 Å². The van der Waals surface area contributed by atoms with Crippen molar-refractivity contribution < 1.29 is 14.1 Å². The normalized spacial score (nSPS) is 15.3. The summed E-state index contributed by atoms with van der Waals surface area (Å²) in [7, 11) is 1.54. The number of carbonyl (C=O) groups excluding carboxylic acids is 1. The van der Waals surface area contributed by atoms with Gasteiger partial charge in [0.25, 0.3) is 5.91 Å². The first-order valence-electron chi connectivity index (χ1n) is 9.43. The van der Waals surface area contributed by atoms with Gasteiger partial charge >= 0.3 is 0 Å². The maximum atomic E-state index is 13.2. The molecule has 1 amide bonds. The first-order chi connectivity index (χ1) is 15.0. The van der Waals surface area contributed by atoms with Crippen LogP contribution in [-0.4, -0.2) is 28.3 Å². The van der Waals surface area contributed by atoms with Crippen LogP contribution >= 0.6 is 34.7 Å². The highest BCUT2D eigenvalue weighted by Gasteiger charge is 2.33. The first-order valence-corrected chi connectivity index (χ1v) is 11.7. The van der Waals surface area contributed by atoms with Gasteiger partial charge in [0.15, 0.2) is 11.0 Å². The molecular formula is C21H19ClN4O3S2. The monoisotopic (exact) mass is 474 g/mol.